The van der Waals surface area contributed by atoms with E-state index in [-0.39, 0.29) is 31.1 Å². The van der Waals surface area contributed by atoms with Gasteiger partial charge in [-0.05, 0) is 89.9 Å². The molecule has 0 aliphatic carbocycles. The van der Waals surface area contributed by atoms with Gasteiger partial charge in [-0.3, -0.25) is 14.4 Å². The smallest absolute Gasteiger partial charge is 0.306 e. The average molecular weight is 819 g/mol. The zero-order valence-corrected chi connectivity index (χ0v) is 38.0. The van der Waals surface area contributed by atoms with Gasteiger partial charge in [-0.15, -0.1) is 0 Å². The van der Waals surface area contributed by atoms with Crippen molar-refractivity contribution in [2.24, 2.45) is 0 Å². The Kier molecular flexibility index (Phi) is 44.1. The fourth-order valence-corrected chi connectivity index (χ4v) is 6.11. The minimum atomic E-state index is -0.802. The zero-order chi connectivity index (χ0) is 43.0. The molecular formula is C53H86O6. The molecule has 0 heterocycles. The SMILES string of the molecule is CC\C=C/C=C\C=C/C=C\C=C\C=C/CCCCCC(=O)OCC(COC(=O)CCCCCCC/C=C\CCCCC)OC(=O)CCCCCCC/C=C\CCCCC. The molecule has 1 atom stereocenters. The van der Waals surface area contributed by atoms with E-state index in [0.717, 1.165) is 96.3 Å². The van der Waals surface area contributed by atoms with E-state index in [9.17, 15) is 14.4 Å². The lowest BCUT2D eigenvalue weighted by molar-refractivity contribution is -0.167. The van der Waals surface area contributed by atoms with Crippen molar-refractivity contribution < 1.29 is 28.6 Å². The maximum absolute atomic E-state index is 12.7. The molecule has 1 unspecified atom stereocenters. The van der Waals surface area contributed by atoms with Gasteiger partial charge in [0.15, 0.2) is 6.10 Å². The third kappa shape index (κ3) is 45.3. The number of ether oxygens (including phenoxy) is 3. The summed E-state index contributed by atoms with van der Waals surface area (Å²) in [6, 6.07) is 0. The summed E-state index contributed by atoms with van der Waals surface area (Å²) >= 11 is 0. The molecule has 0 rings (SSSR count). The highest BCUT2D eigenvalue weighted by Crippen LogP contribution is 2.13. The molecule has 0 aromatic carbocycles. The van der Waals surface area contributed by atoms with E-state index >= 15 is 0 Å². The molecule has 0 spiro atoms. The molecule has 334 valence electrons. The van der Waals surface area contributed by atoms with Crippen LogP contribution in [0.3, 0.4) is 0 Å². The molecule has 0 bridgehead atoms. The topological polar surface area (TPSA) is 78.9 Å². The minimum absolute atomic E-state index is 0.101. The van der Waals surface area contributed by atoms with E-state index in [2.05, 4.69) is 57.2 Å². The molecule has 0 aliphatic rings. The van der Waals surface area contributed by atoms with E-state index in [4.69, 9.17) is 14.2 Å². The predicted molar refractivity (Wildman–Crippen MR) is 251 cm³/mol. The summed E-state index contributed by atoms with van der Waals surface area (Å²) in [6.45, 7) is 6.37. The summed E-state index contributed by atoms with van der Waals surface area (Å²) in [5.74, 6) is -0.972. The number of hydrogen-bond acceptors (Lipinski definition) is 6. The first-order valence-electron chi connectivity index (χ1n) is 23.8. The Morgan fingerprint density at radius 2 is 0.678 bits per heavy atom. The highest BCUT2D eigenvalue weighted by atomic mass is 16.6. The van der Waals surface area contributed by atoms with Crippen LogP contribution in [0, 0.1) is 0 Å². The van der Waals surface area contributed by atoms with Crippen LogP contribution < -0.4 is 0 Å². The van der Waals surface area contributed by atoms with Crippen molar-refractivity contribution >= 4 is 17.9 Å². The van der Waals surface area contributed by atoms with Gasteiger partial charge in [0.25, 0.3) is 0 Å². The Morgan fingerprint density at radius 3 is 1.10 bits per heavy atom. The van der Waals surface area contributed by atoms with Crippen molar-refractivity contribution in [2.75, 3.05) is 13.2 Å². The van der Waals surface area contributed by atoms with Crippen LogP contribution in [0.5, 0.6) is 0 Å². The van der Waals surface area contributed by atoms with Crippen molar-refractivity contribution in [3.8, 4) is 0 Å². The highest BCUT2D eigenvalue weighted by Gasteiger charge is 2.19. The van der Waals surface area contributed by atoms with Crippen LogP contribution in [-0.4, -0.2) is 37.2 Å². The van der Waals surface area contributed by atoms with Crippen LogP contribution in [0.15, 0.2) is 97.2 Å². The lowest BCUT2D eigenvalue weighted by Crippen LogP contribution is -2.30. The van der Waals surface area contributed by atoms with Gasteiger partial charge in [0.1, 0.15) is 13.2 Å². The summed E-state index contributed by atoms with van der Waals surface area (Å²) in [4.78, 5) is 37.8. The van der Waals surface area contributed by atoms with Gasteiger partial charge in [-0.1, -0.05) is 189 Å². The van der Waals surface area contributed by atoms with Crippen LogP contribution in [0.25, 0.3) is 0 Å². The van der Waals surface area contributed by atoms with E-state index in [1.54, 1.807) is 0 Å². The van der Waals surface area contributed by atoms with Gasteiger partial charge in [0.2, 0.25) is 0 Å². The van der Waals surface area contributed by atoms with Crippen LogP contribution in [-0.2, 0) is 28.6 Å². The standard InChI is InChI=1S/C53H86O6/c1-4-7-10-13-16-19-22-25-26-27-28-29-32-34-37-40-43-46-52(55)58-49-50(59-53(56)47-44-41-38-35-31-24-21-18-15-12-9-6-3)48-57-51(54)45-42-39-36-33-30-23-20-17-14-11-8-5-2/h7,10,13,16-22,25-29,32,50H,4-6,8-9,11-12,14-15,23-24,30-31,33-49H2,1-3H3/b10-7-,16-13-,20-17-,21-18-,22-19-,26-25-,28-27+,32-29-. The fraction of sp³-hybridized carbons (Fsp3) is 0.642. The molecule has 0 amide bonds. The maximum Gasteiger partial charge on any atom is 0.306 e. The monoisotopic (exact) mass is 819 g/mol. The Labute approximate surface area is 362 Å². The minimum Gasteiger partial charge on any atom is -0.462 e. The zero-order valence-electron chi connectivity index (χ0n) is 38.0. The second kappa shape index (κ2) is 47.0. The Hall–Kier alpha value is -3.67. The average Bonchev–Trinajstić information content (AvgIpc) is 3.23. The number of unbranched alkanes of at least 4 members (excludes halogenated alkanes) is 19. The molecule has 6 nitrogen and oxygen atoms in total. The number of esters is 3. The van der Waals surface area contributed by atoms with Crippen molar-refractivity contribution in [2.45, 2.75) is 207 Å². The number of rotatable bonds is 41. The predicted octanol–water partition coefficient (Wildman–Crippen LogP) is 15.4. The number of carbonyl (C=O) groups is 3. The Bertz CT molecular complexity index is 1220. The van der Waals surface area contributed by atoms with Gasteiger partial charge in [-0.25, -0.2) is 0 Å². The summed E-state index contributed by atoms with van der Waals surface area (Å²) in [6.07, 6.45) is 60.9. The lowest BCUT2D eigenvalue weighted by Gasteiger charge is -2.18. The van der Waals surface area contributed by atoms with Crippen LogP contribution >= 0.6 is 0 Å². The molecule has 0 saturated carbocycles. The first-order chi connectivity index (χ1) is 29.0. The molecule has 6 heteroatoms. The number of hydrogen-bond donors (Lipinski definition) is 0. The van der Waals surface area contributed by atoms with E-state index in [0.29, 0.717) is 19.3 Å². The first kappa shape index (κ1) is 55.3. The molecule has 0 fully saturated rings. The second-order valence-electron chi connectivity index (χ2n) is 15.4. The van der Waals surface area contributed by atoms with Crippen molar-refractivity contribution in [1.29, 1.82) is 0 Å². The van der Waals surface area contributed by atoms with Crippen LogP contribution in [0.4, 0.5) is 0 Å². The maximum atomic E-state index is 12.7. The number of carbonyl (C=O) groups excluding carboxylic acids is 3. The third-order valence-electron chi connectivity index (χ3n) is 9.70. The second-order valence-corrected chi connectivity index (χ2v) is 15.4. The first-order valence-corrected chi connectivity index (χ1v) is 23.8. The van der Waals surface area contributed by atoms with Gasteiger partial charge < -0.3 is 14.2 Å². The van der Waals surface area contributed by atoms with Gasteiger partial charge >= 0.3 is 17.9 Å². The van der Waals surface area contributed by atoms with Gasteiger partial charge in [0, 0.05) is 19.3 Å². The molecule has 59 heavy (non-hydrogen) atoms. The largest absolute Gasteiger partial charge is 0.462 e. The summed E-state index contributed by atoms with van der Waals surface area (Å²) in [5, 5.41) is 0. The van der Waals surface area contributed by atoms with Crippen LogP contribution in [0.1, 0.15) is 201 Å². The Morgan fingerprint density at radius 1 is 0.356 bits per heavy atom. The van der Waals surface area contributed by atoms with E-state index in [1.165, 1.54) is 64.2 Å². The molecule has 0 N–H and O–H groups in total. The van der Waals surface area contributed by atoms with Crippen molar-refractivity contribution in [1.82, 2.24) is 0 Å². The van der Waals surface area contributed by atoms with Gasteiger partial charge in [-0.2, -0.15) is 0 Å². The highest BCUT2D eigenvalue weighted by molar-refractivity contribution is 5.71. The lowest BCUT2D eigenvalue weighted by atomic mass is 10.1. The van der Waals surface area contributed by atoms with Crippen LogP contribution in [0.2, 0.25) is 0 Å². The molecule has 0 saturated heterocycles. The molecule has 0 aromatic heterocycles. The van der Waals surface area contributed by atoms with Gasteiger partial charge in [0.05, 0.1) is 0 Å². The molecule has 0 radical (unpaired) electrons. The van der Waals surface area contributed by atoms with E-state index < -0.39 is 6.10 Å². The summed E-state index contributed by atoms with van der Waals surface area (Å²) < 4.78 is 16.7. The summed E-state index contributed by atoms with van der Waals surface area (Å²) in [7, 11) is 0. The molecule has 0 aromatic rings. The third-order valence-corrected chi connectivity index (χ3v) is 9.70. The van der Waals surface area contributed by atoms with Crippen molar-refractivity contribution in [3.63, 3.8) is 0 Å². The quantitative estimate of drug-likeness (QED) is 0.0201. The molecular weight excluding hydrogens is 733 g/mol. The Balaban J connectivity index is 4.51. The van der Waals surface area contributed by atoms with Crippen molar-refractivity contribution in [3.05, 3.63) is 97.2 Å². The molecule has 0 aliphatic heterocycles. The fourth-order valence-electron chi connectivity index (χ4n) is 6.11. The van der Waals surface area contributed by atoms with E-state index in [1.807, 2.05) is 60.8 Å². The normalized spacial score (nSPS) is 12.9. The number of allylic oxidation sites excluding steroid dienone is 16. The summed E-state index contributed by atoms with van der Waals surface area (Å²) in [5.41, 5.74) is 0.